The molecule has 2 aromatic carbocycles. The lowest BCUT2D eigenvalue weighted by Crippen LogP contribution is -1.95. The van der Waals surface area contributed by atoms with Gasteiger partial charge in [-0.1, -0.05) is 48.5 Å². The summed E-state index contributed by atoms with van der Waals surface area (Å²) < 4.78 is 0. The molecule has 2 aromatic heterocycles. The van der Waals surface area contributed by atoms with Crippen LogP contribution in [0, 0.1) is 0 Å². The van der Waals surface area contributed by atoms with E-state index in [4.69, 9.17) is 5.11 Å². The molecule has 0 amide bonds. The number of carboxylic acid groups (broad SMARTS) is 1. The zero-order valence-electron chi connectivity index (χ0n) is 18.3. The quantitative estimate of drug-likeness (QED) is 0.179. The van der Waals surface area contributed by atoms with E-state index in [-0.39, 0.29) is 6.42 Å². The highest BCUT2D eigenvalue weighted by molar-refractivity contribution is 7.25. The molecule has 3 nitrogen and oxygen atoms in total. The number of benzene rings is 2. The molecule has 0 aliphatic rings. The van der Waals surface area contributed by atoms with Crippen LogP contribution in [-0.2, 0) is 22.4 Å². The number of aldehydes is 1. The van der Waals surface area contributed by atoms with Gasteiger partial charge < -0.3 is 9.90 Å². The Kier molecular flexibility index (Phi) is 7.87. The van der Waals surface area contributed by atoms with Crippen molar-refractivity contribution in [1.29, 1.82) is 0 Å². The molecule has 168 valence electrons. The summed E-state index contributed by atoms with van der Waals surface area (Å²) in [6.07, 6.45) is 5.12. The van der Waals surface area contributed by atoms with Gasteiger partial charge in [-0.15, -0.1) is 22.7 Å². The average molecular weight is 475 g/mol. The SMILES string of the molecule is O=CCCCc1ccc(-c2ccc(-c3ccc(-c4ccc(CCCC(=O)O)cc4)s3)s2)cc1. The van der Waals surface area contributed by atoms with Gasteiger partial charge in [0.25, 0.3) is 0 Å². The van der Waals surface area contributed by atoms with Crippen LogP contribution < -0.4 is 0 Å². The Morgan fingerprint density at radius 2 is 1.12 bits per heavy atom. The van der Waals surface area contributed by atoms with E-state index in [1.54, 1.807) is 22.7 Å². The lowest BCUT2D eigenvalue weighted by molar-refractivity contribution is -0.137. The molecule has 0 saturated heterocycles. The molecule has 0 spiro atoms. The maximum Gasteiger partial charge on any atom is 0.303 e. The molecule has 0 aliphatic heterocycles. The summed E-state index contributed by atoms with van der Waals surface area (Å²) in [5, 5.41) is 8.79. The third-order valence-electron chi connectivity index (χ3n) is 5.58. The number of aliphatic carboxylic acids is 1. The Morgan fingerprint density at radius 1 is 0.667 bits per heavy atom. The zero-order valence-corrected chi connectivity index (χ0v) is 20.0. The van der Waals surface area contributed by atoms with Crippen molar-refractivity contribution in [2.24, 2.45) is 0 Å². The summed E-state index contributed by atoms with van der Waals surface area (Å²) in [7, 11) is 0. The molecule has 0 fully saturated rings. The van der Waals surface area contributed by atoms with E-state index in [1.165, 1.54) is 41.8 Å². The first-order chi connectivity index (χ1) is 16.1. The summed E-state index contributed by atoms with van der Waals surface area (Å²) >= 11 is 3.60. The lowest BCUT2D eigenvalue weighted by atomic mass is 10.1. The largest absolute Gasteiger partial charge is 0.481 e. The highest BCUT2D eigenvalue weighted by atomic mass is 32.1. The van der Waals surface area contributed by atoms with E-state index in [0.717, 1.165) is 25.5 Å². The van der Waals surface area contributed by atoms with Gasteiger partial charge in [-0.05, 0) is 72.2 Å². The van der Waals surface area contributed by atoms with Crippen LogP contribution in [0.25, 0.3) is 30.6 Å². The number of hydrogen-bond donors (Lipinski definition) is 1. The number of hydrogen-bond acceptors (Lipinski definition) is 4. The summed E-state index contributed by atoms with van der Waals surface area (Å²) in [6, 6.07) is 25.9. The second kappa shape index (κ2) is 11.2. The second-order valence-corrected chi connectivity index (χ2v) is 10.2. The number of thiophene rings is 2. The van der Waals surface area contributed by atoms with Gasteiger partial charge in [0.1, 0.15) is 6.29 Å². The minimum atomic E-state index is -0.738. The summed E-state index contributed by atoms with van der Waals surface area (Å²) in [5.74, 6) is -0.738. The fourth-order valence-electron chi connectivity index (χ4n) is 3.76. The first-order valence-corrected chi connectivity index (χ1v) is 12.8. The zero-order chi connectivity index (χ0) is 23.0. The molecule has 33 heavy (non-hydrogen) atoms. The fraction of sp³-hybridized carbons (Fsp3) is 0.214. The highest BCUT2D eigenvalue weighted by Gasteiger charge is 2.09. The van der Waals surface area contributed by atoms with Crippen LogP contribution in [0.4, 0.5) is 0 Å². The first-order valence-electron chi connectivity index (χ1n) is 11.2. The molecule has 0 saturated carbocycles. The number of carbonyl (C=O) groups is 2. The molecule has 4 rings (SSSR count). The molecule has 0 radical (unpaired) electrons. The number of unbranched alkanes of at least 4 members (excludes halogenated alkanes) is 1. The van der Waals surface area contributed by atoms with Crippen LogP contribution in [0.2, 0.25) is 0 Å². The van der Waals surface area contributed by atoms with Crippen LogP contribution in [0.1, 0.15) is 36.8 Å². The Bertz CT molecular complexity index is 1200. The molecule has 0 bridgehead atoms. The van der Waals surface area contributed by atoms with E-state index in [2.05, 4.69) is 72.8 Å². The van der Waals surface area contributed by atoms with Crippen molar-refractivity contribution in [3.63, 3.8) is 0 Å². The second-order valence-electron chi connectivity index (χ2n) is 8.03. The molecule has 0 unspecified atom stereocenters. The average Bonchev–Trinajstić information content (AvgIpc) is 3.50. The Hall–Kier alpha value is -3.02. The maximum absolute atomic E-state index is 10.7. The smallest absolute Gasteiger partial charge is 0.303 e. The van der Waals surface area contributed by atoms with Crippen molar-refractivity contribution in [3.8, 4) is 30.6 Å². The third kappa shape index (κ3) is 6.28. The van der Waals surface area contributed by atoms with Gasteiger partial charge in [-0.2, -0.15) is 0 Å². The van der Waals surface area contributed by atoms with Crippen LogP contribution in [0.3, 0.4) is 0 Å². The van der Waals surface area contributed by atoms with E-state index < -0.39 is 5.97 Å². The summed E-state index contributed by atoms with van der Waals surface area (Å²) in [4.78, 5) is 26.2. The Balaban J connectivity index is 1.41. The summed E-state index contributed by atoms with van der Waals surface area (Å²) in [5.41, 5.74) is 4.86. The van der Waals surface area contributed by atoms with Crippen LogP contribution >= 0.6 is 22.7 Å². The van der Waals surface area contributed by atoms with Crippen molar-refractivity contribution in [2.75, 3.05) is 0 Å². The highest BCUT2D eigenvalue weighted by Crippen LogP contribution is 2.40. The molecule has 2 heterocycles. The molecule has 4 aromatic rings. The van der Waals surface area contributed by atoms with E-state index >= 15 is 0 Å². The Morgan fingerprint density at radius 3 is 1.58 bits per heavy atom. The summed E-state index contributed by atoms with van der Waals surface area (Å²) in [6.45, 7) is 0. The monoisotopic (exact) mass is 474 g/mol. The van der Waals surface area contributed by atoms with Crippen molar-refractivity contribution in [3.05, 3.63) is 83.9 Å². The fourth-order valence-corrected chi connectivity index (χ4v) is 5.87. The number of carbonyl (C=O) groups excluding carboxylic acids is 1. The van der Waals surface area contributed by atoms with Crippen LogP contribution in [-0.4, -0.2) is 17.4 Å². The molecule has 0 atom stereocenters. The van der Waals surface area contributed by atoms with Gasteiger partial charge in [-0.3, -0.25) is 4.79 Å². The topological polar surface area (TPSA) is 54.4 Å². The first kappa shape index (κ1) is 23.1. The molecular formula is C28H26O3S2. The van der Waals surface area contributed by atoms with E-state index in [0.29, 0.717) is 12.8 Å². The standard InChI is InChI=1S/C28H26O3S2/c29-19-2-1-4-20-7-11-22(12-8-20)24-15-17-26(32-24)27-18-16-25(33-27)23-13-9-21(10-14-23)5-3-6-28(30)31/h7-19H,1-6H2,(H,30,31). The minimum Gasteiger partial charge on any atom is -0.481 e. The predicted molar refractivity (Wildman–Crippen MR) is 138 cm³/mol. The van der Waals surface area contributed by atoms with Crippen molar-refractivity contribution >= 4 is 34.9 Å². The van der Waals surface area contributed by atoms with E-state index in [1.807, 2.05) is 0 Å². The normalized spacial score (nSPS) is 10.9. The third-order valence-corrected chi connectivity index (χ3v) is 8.04. The molecule has 0 aliphatic carbocycles. The lowest BCUT2D eigenvalue weighted by Gasteiger charge is -2.02. The van der Waals surface area contributed by atoms with Gasteiger partial charge in [0.2, 0.25) is 0 Å². The number of carboxylic acids is 1. The molecule has 1 N–H and O–H groups in total. The number of aryl methyl sites for hydroxylation is 2. The maximum atomic E-state index is 10.7. The number of rotatable bonds is 11. The van der Waals surface area contributed by atoms with Crippen molar-refractivity contribution in [2.45, 2.75) is 38.5 Å². The van der Waals surface area contributed by atoms with Gasteiger partial charge in [0.05, 0.1) is 0 Å². The van der Waals surface area contributed by atoms with Gasteiger partial charge in [0.15, 0.2) is 0 Å². The van der Waals surface area contributed by atoms with Crippen molar-refractivity contribution < 1.29 is 14.7 Å². The van der Waals surface area contributed by atoms with Gasteiger partial charge in [0, 0.05) is 32.4 Å². The Labute approximate surface area is 202 Å². The van der Waals surface area contributed by atoms with Crippen LogP contribution in [0.15, 0.2) is 72.8 Å². The molecular weight excluding hydrogens is 448 g/mol. The van der Waals surface area contributed by atoms with Gasteiger partial charge in [-0.25, -0.2) is 0 Å². The van der Waals surface area contributed by atoms with Crippen molar-refractivity contribution in [1.82, 2.24) is 0 Å². The van der Waals surface area contributed by atoms with Crippen LogP contribution in [0.5, 0.6) is 0 Å². The van der Waals surface area contributed by atoms with Gasteiger partial charge >= 0.3 is 5.97 Å². The molecule has 5 heteroatoms. The van der Waals surface area contributed by atoms with E-state index in [9.17, 15) is 9.59 Å². The predicted octanol–water partition coefficient (Wildman–Crippen LogP) is 7.74. The minimum absolute atomic E-state index is 0.213.